The third-order valence-electron chi connectivity index (χ3n) is 2.74. The average molecular weight is 297 g/mol. The quantitative estimate of drug-likeness (QED) is 0.575. The summed E-state index contributed by atoms with van der Waals surface area (Å²) in [7, 11) is 0. The number of hydrogen-bond donors (Lipinski definition) is 2. The first-order valence-corrected chi connectivity index (χ1v) is 6.57. The van der Waals surface area contributed by atoms with Crippen LogP contribution in [0, 0.1) is 4.77 Å². The molecule has 0 radical (unpaired) electrons. The maximum Gasteiger partial charge on any atom is 0.216 e. The van der Waals surface area contributed by atoms with E-state index < -0.39 is 0 Å². The van der Waals surface area contributed by atoms with Gasteiger partial charge in [-0.15, -0.1) is 0 Å². The number of pyridine rings is 1. The highest BCUT2D eigenvalue weighted by Gasteiger charge is 2.08. The number of phenols is 1. The Kier molecular flexibility index (Phi) is 3.57. The van der Waals surface area contributed by atoms with Crippen molar-refractivity contribution in [3.8, 4) is 17.3 Å². The van der Waals surface area contributed by atoms with Crippen molar-refractivity contribution < 1.29 is 5.11 Å². The van der Waals surface area contributed by atoms with Gasteiger partial charge in [0.1, 0.15) is 11.4 Å². The first kappa shape index (κ1) is 13.2. The van der Waals surface area contributed by atoms with Crippen molar-refractivity contribution >= 4 is 18.4 Å². The van der Waals surface area contributed by atoms with E-state index in [1.54, 1.807) is 30.6 Å². The second-order valence-corrected chi connectivity index (χ2v) is 4.61. The Bertz CT molecular complexity index is 838. The Labute approximate surface area is 125 Å². The van der Waals surface area contributed by atoms with Crippen molar-refractivity contribution in [2.24, 2.45) is 5.10 Å². The Hall–Kier alpha value is -2.80. The molecule has 2 N–H and O–H groups in total. The van der Waals surface area contributed by atoms with Crippen LogP contribution in [0.4, 0.5) is 0 Å². The van der Waals surface area contributed by atoms with Crippen LogP contribution in [-0.2, 0) is 0 Å². The number of H-pyrrole nitrogens is 1. The summed E-state index contributed by atoms with van der Waals surface area (Å²) in [5.41, 5.74) is 1.42. The third-order valence-corrected chi connectivity index (χ3v) is 3.00. The van der Waals surface area contributed by atoms with Gasteiger partial charge in [0.25, 0.3) is 0 Å². The van der Waals surface area contributed by atoms with Crippen LogP contribution in [0.2, 0.25) is 0 Å². The number of nitrogens with one attached hydrogen (secondary N) is 1. The minimum Gasteiger partial charge on any atom is -0.508 e. The smallest absolute Gasteiger partial charge is 0.216 e. The molecular formula is C14H11N5OS. The monoisotopic (exact) mass is 297 g/mol. The molecule has 0 bridgehead atoms. The molecule has 3 aromatic rings. The van der Waals surface area contributed by atoms with Crippen molar-refractivity contribution in [3.05, 3.63) is 59.0 Å². The summed E-state index contributed by atoms with van der Waals surface area (Å²) in [6.07, 6.45) is 3.27. The SMILES string of the molecule is Oc1cccc(/C=N/n2c(-c3ccccn3)n[nH]c2=S)c1. The van der Waals surface area contributed by atoms with Gasteiger partial charge in [0.2, 0.25) is 10.6 Å². The molecular weight excluding hydrogens is 286 g/mol. The van der Waals surface area contributed by atoms with Crippen LogP contribution >= 0.6 is 12.2 Å². The van der Waals surface area contributed by atoms with Crippen LogP contribution in [0.15, 0.2) is 53.8 Å². The van der Waals surface area contributed by atoms with E-state index in [4.69, 9.17) is 12.2 Å². The number of phenolic OH excluding ortho intramolecular Hbond substituents is 1. The van der Waals surface area contributed by atoms with E-state index in [0.717, 1.165) is 5.56 Å². The predicted octanol–water partition coefficient (Wildman–Crippen LogP) is 2.59. The fraction of sp³-hybridized carbons (Fsp3) is 0. The van der Waals surface area contributed by atoms with Crippen LogP contribution in [0.25, 0.3) is 11.5 Å². The highest BCUT2D eigenvalue weighted by molar-refractivity contribution is 7.71. The molecule has 0 atom stereocenters. The van der Waals surface area contributed by atoms with Gasteiger partial charge in [0.15, 0.2) is 0 Å². The lowest BCUT2D eigenvalue weighted by Gasteiger charge is -1.99. The van der Waals surface area contributed by atoms with Crippen LogP contribution in [0.5, 0.6) is 5.75 Å². The summed E-state index contributed by atoms with van der Waals surface area (Å²) in [5.74, 6) is 0.705. The predicted molar refractivity (Wildman–Crippen MR) is 81.7 cm³/mol. The second kappa shape index (κ2) is 5.68. The number of benzene rings is 1. The Morgan fingerprint density at radius 2 is 2.14 bits per heavy atom. The molecule has 0 amide bonds. The first-order valence-electron chi connectivity index (χ1n) is 6.16. The molecule has 6 nitrogen and oxygen atoms in total. The highest BCUT2D eigenvalue weighted by Crippen LogP contribution is 2.14. The first-order chi connectivity index (χ1) is 10.2. The molecule has 0 unspecified atom stereocenters. The molecule has 104 valence electrons. The van der Waals surface area contributed by atoms with Gasteiger partial charge in [-0.25, -0.2) is 5.10 Å². The standard InChI is InChI=1S/C14H11N5OS/c20-11-5-3-4-10(8-11)9-16-19-13(17-18-14(19)21)12-6-1-2-7-15-12/h1-9,20H,(H,18,21)/b16-9+. The van der Waals surface area contributed by atoms with E-state index in [2.05, 4.69) is 20.3 Å². The molecule has 0 saturated heterocycles. The second-order valence-electron chi connectivity index (χ2n) is 4.22. The maximum atomic E-state index is 9.44. The Balaban J connectivity index is 2.00. The van der Waals surface area contributed by atoms with Gasteiger partial charge >= 0.3 is 0 Å². The van der Waals surface area contributed by atoms with Crippen molar-refractivity contribution in [1.29, 1.82) is 0 Å². The van der Waals surface area contributed by atoms with Crippen molar-refractivity contribution in [3.63, 3.8) is 0 Å². The number of aromatic hydroxyl groups is 1. The largest absolute Gasteiger partial charge is 0.508 e. The molecule has 0 aliphatic carbocycles. The van der Waals surface area contributed by atoms with Gasteiger partial charge in [-0.05, 0) is 42.0 Å². The zero-order chi connectivity index (χ0) is 14.7. The molecule has 0 aliphatic heterocycles. The summed E-state index contributed by atoms with van der Waals surface area (Å²) in [5, 5.41) is 20.6. The van der Waals surface area contributed by atoms with Gasteiger partial charge in [-0.2, -0.15) is 14.9 Å². The topological polar surface area (TPSA) is 79.1 Å². The lowest BCUT2D eigenvalue weighted by Crippen LogP contribution is -1.96. The van der Waals surface area contributed by atoms with E-state index in [-0.39, 0.29) is 5.75 Å². The van der Waals surface area contributed by atoms with Gasteiger partial charge in [-0.1, -0.05) is 18.2 Å². The highest BCUT2D eigenvalue weighted by atomic mass is 32.1. The van der Waals surface area contributed by atoms with E-state index >= 15 is 0 Å². The normalized spacial score (nSPS) is 11.0. The van der Waals surface area contributed by atoms with E-state index in [9.17, 15) is 5.11 Å². The number of nitrogens with zero attached hydrogens (tertiary/aromatic N) is 4. The van der Waals surface area contributed by atoms with E-state index in [1.165, 1.54) is 4.68 Å². The van der Waals surface area contributed by atoms with Crippen molar-refractivity contribution in [2.45, 2.75) is 0 Å². The zero-order valence-corrected chi connectivity index (χ0v) is 11.7. The summed E-state index contributed by atoms with van der Waals surface area (Å²) in [6.45, 7) is 0. The number of rotatable bonds is 3. The van der Waals surface area contributed by atoms with Gasteiger partial charge in [-0.3, -0.25) is 4.98 Å². The summed E-state index contributed by atoms with van der Waals surface area (Å²) in [4.78, 5) is 4.23. The number of hydrogen-bond acceptors (Lipinski definition) is 5. The van der Waals surface area contributed by atoms with E-state index in [0.29, 0.717) is 16.3 Å². The molecule has 21 heavy (non-hydrogen) atoms. The van der Waals surface area contributed by atoms with Gasteiger partial charge in [0.05, 0.1) is 6.21 Å². The Morgan fingerprint density at radius 1 is 1.24 bits per heavy atom. The van der Waals surface area contributed by atoms with Gasteiger partial charge in [0, 0.05) is 6.20 Å². The van der Waals surface area contributed by atoms with Crippen molar-refractivity contribution in [2.75, 3.05) is 0 Å². The van der Waals surface area contributed by atoms with Crippen LogP contribution in [0.1, 0.15) is 5.56 Å². The van der Waals surface area contributed by atoms with Crippen molar-refractivity contribution in [1.82, 2.24) is 19.9 Å². The minimum atomic E-state index is 0.180. The molecule has 1 aromatic carbocycles. The number of aromatic nitrogens is 4. The maximum absolute atomic E-state index is 9.44. The average Bonchev–Trinajstić information content (AvgIpc) is 2.87. The lowest BCUT2D eigenvalue weighted by molar-refractivity contribution is 0.475. The molecule has 0 aliphatic rings. The molecule has 0 spiro atoms. The van der Waals surface area contributed by atoms with E-state index in [1.807, 2.05) is 24.3 Å². The summed E-state index contributed by atoms with van der Waals surface area (Å²) < 4.78 is 1.86. The van der Waals surface area contributed by atoms with Crippen LogP contribution in [-0.4, -0.2) is 31.2 Å². The fourth-order valence-corrected chi connectivity index (χ4v) is 1.97. The molecule has 0 saturated carbocycles. The minimum absolute atomic E-state index is 0.180. The molecule has 2 heterocycles. The van der Waals surface area contributed by atoms with Gasteiger partial charge < -0.3 is 5.11 Å². The third kappa shape index (κ3) is 2.87. The van der Waals surface area contributed by atoms with Crippen LogP contribution in [0.3, 0.4) is 0 Å². The zero-order valence-electron chi connectivity index (χ0n) is 10.8. The molecule has 7 heteroatoms. The summed E-state index contributed by atoms with van der Waals surface area (Å²) in [6, 6.07) is 12.3. The fourth-order valence-electron chi connectivity index (χ4n) is 1.79. The molecule has 3 rings (SSSR count). The number of aromatic amines is 1. The molecule has 2 aromatic heterocycles. The Morgan fingerprint density at radius 3 is 2.90 bits per heavy atom. The summed E-state index contributed by atoms with van der Waals surface area (Å²) >= 11 is 5.17. The van der Waals surface area contributed by atoms with Crippen LogP contribution < -0.4 is 0 Å². The molecule has 0 fully saturated rings. The lowest BCUT2D eigenvalue weighted by atomic mass is 10.2.